The number of nitrogens with one attached hydrogen (secondary N) is 1. The second-order valence-corrected chi connectivity index (χ2v) is 4.68. The summed E-state index contributed by atoms with van der Waals surface area (Å²) >= 11 is 1.72. The number of thiophene rings is 1. The van der Waals surface area contributed by atoms with E-state index in [-0.39, 0.29) is 0 Å². The summed E-state index contributed by atoms with van der Waals surface area (Å²) in [5.41, 5.74) is 0.765. The Balaban J connectivity index is 1.90. The van der Waals surface area contributed by atoms with Gasteiger partial charge >= 0.3 is 0 Å². The van der Waals surface area contributed by atoms with Crippen LogP contribution in [-0.4, -0.2) is 19.6 Å². The van der Waals surface area contributed by atoms with Crippen LogP contribution in [0.25, 0.3) is 5.65 Å². The molecule has 1 N–H and O–H groups in total. The van der Waals surface area contributed by atoms with Crippen LogP contribution in [0.1, 0.15) is 10.7 Å². The van der Waals surface area contributed by atoms with E-state index < -0.39 is 0 Å². The molecule has 0 aromatic carbocycles. The average Bonchev–Trinajstić information content (AvgIpc) is 2.97. The van der Waals surface area contributed by atoms with Crippen LogP contribution in [0.15, 0.2) is 29.9 Å². The Kier molecular flexibility index (Phi) is 2.49. The minimum atomic E-state index is 0.760. The molecule has 0 aliphatic carbocycles. The number of aryl methyl sites for hydroxylation is 1. The van der Waals surface area contributed by atoms with Crippen LogP contribution in [0.4, 0.5) is 5.82 Å². The van der Waals surface area contributed by atoms with Crippen molar-refractivity contribution in [1.29, 1.82) is 0 Å². The molecule has 5 nitrogen and oxygen atoms in total. The molecule has 6 heteroatoms. The Morgan fingerprint density at radius 3 is 3.18 bits per heavy atom. The zero-order chi connectivity index (χ0) is 11.7. The lowest BCUT2D eigenvalue weighted by Gasteiger charge is -2.04. The van der Waals surface area contributed by atoms with Gasteiger partial charge in [-0.15, -0.1) is 21.5 Å². The predicted molar refractivity (Wildman–Crippen MR) is 67.2 cm³/mol. The summed E-state index contributed by atoms with van der Waals surface area (Å²) in [6.07, 6.45) is 3.61. The highest BCUT2D eigenvalue weighted by atomic mass is 32.1. The van der Waals surface area contributed by atoms with Gasteiger partial charge in [0.2, 0.25) is 5.65 Å². The summed E-state index contributed by atoms with van der Waals surface area (Å²) in [5, 5.41) is 13.5. The van der Waals surface area contributed by atoms with E-state index in [1.165, 1.54) is 4.88 Å². The topological polar surface area (TPSA) is 55.1 Å². The number of rotatable bonds is 3. The Labute approximate surface area is 102 Å². The van der Waals surface area contributed by atoms with Gasteiger partial charge in [-0.1, -0.05) is 6.07 Å². The van der Waals surface area contributed by atoms with Crippen molar-refractivity contribution in [2.45, 2.75) is 13.5 Å². The largest absolute Gasteiger partial charge is 0.362 e. The van der Waals surface area contributed by atoms with Gasteiger partial charge in [0.25, 0.3) is 0 Å². The summed E-state index contributed by atoms with van der Waals surface area (Å²) < 4.78 is 1.92. The summed E-state index contributed by atoms with van der Waals surface area (Å²) in [6, 6.07) is 4.13. The van der Waals surface area contributed by atoms with Gasteiger partial charge in [-0.05, 0) is 18.4 Å². The molecule has 0 radical (unpaired) electrons. The van der Waals surface area contributed by atoms with Gasteiger partial charge in [0.15, 0.2) is 5.82 Å². The van der Waals surface area contributed by atoms with Gasteiger partial charge in [-0.3, -0.25) is 4.40 Å². The van der Waals surface area contributed by atoms with Gasteiger partial charge in [-0.25, -0.2) is 4.98 Å². The first-order valence-electron chi connectivity index (χ1n) is 5.27. The average molecular weight is 245 g/mol. The lowest BCUT2D eigenvalue weighted by molar-refractivity contribution is 1.00. The lowest BCUT2D eigenvalue weighted by atomic mass is 10.4. The van der Waals surface area contributed by atoms with Gasteiger partial charge < -0.3 is 5.32 Å². The Morgan fingerprint density at radius 1 is 1.41 bits per heavy atom. The lowest BCUT2D eigenvalue weighted by Crippen LogP contribution is -2.02. The zero-order valence-electron chi connectivity index (χ0n) is 9.29. The van der Waals surface area contributed by atoms with Gasteiger partial charge in [-0.2, -0.15) is 0 Å². The molecule has 0 aliphatic heterocycles. The van der Waals surface area contributed by atoms with Crippen molar-refractivity contribution in [3.8, 4) is 0 Å². The van der Waals surface area contributed by atoms with E-state index >= 15 is 0 Å². The van der Waals surface area contributed by atoms with E-state index in [1.54, 1.807) is 17.5 Å². The molecule has 86 valence electrons. The monoisotopic (exact) mass is 245 g/mol. The van der Waals surface area contributed by atoms with E-state index in [2.05, 4.69) is 31.9 Å². The maximum atomic E-state index is 4.29. The van der Waals surface area contributed by atoms with Gasteiger partial charge in [0.05, 0.1) is 6.54 Å². The van der Waals surface area contributed by atoms with E-state index in [0.717, 1.165) is 23.8 Å². The molecule has 3 aromatic rings. The first kappa shape index (κ1) is 10.2. The van der Waals surface area contributed by atoms with E-state index in [9.17, 15) is 0 Å². The van der Waals surface area contributed by atoms with Crippen LogP contribution in [0.3, 0.4) is 0 Å². The SMILES string of the molecule is Cc1nnc2c(NCc3cccs3)nccn12. The number of fused-ring (bicyclic) bond motifs is 1. The molecule has 17 heavy (non-hydrogen) atoms. The number of nitrogens with zero attached hydrogens (tertiary/aromatic N) is 4. The van der Waals surface area contributed by atoms with Crippen molar-refractivity contribution in [1.82, 2.24) is 19.6 Å². The molecule has 0 amide bonds. The normalized spacial score (nSPS) is 10.9. The number of hydrogen-bond donors (Lipinski definition) is 1. The van der Waals surface area contributed by atoms with E-state index in [0.29, 0.717) is 0 Å². The third-order valence-corrected chi connectivity index (χ3v) is 3.38. The minimum Gasteiger partial charge on any atom is -0.362 e. The molecular weight excluding hydrogens is 234 g/mol. The van der Waals surface area contributed by atoms with Crippen LogP contribution in [-0.2, 0) is 6.54 Å². The molecule has 0 saturated carbocycles. The van der Waals surface area contributed by atoms with Crippen LogP contribution in [0.5, 0.6) is 0 Å². The number of hydrogen-bond acceptors (Lipinski definition) is 5. The van der Waals surface area contributed by atoms with Gasteiger partial charge in [0.1, 0.15) is 5.82 Å². The summed E-state index contributed by atoms with van der Waals surface area (Å²) in [6.45, 7) is 2.68. The minimum absolute atomic E-state index is 0.760. The Hall–Kier alpha value is -1.95. The summed E-state index contributed by atoms with van der Waals surface area (Å²) in [7, 11) is 0. The molecule has 0 atom stereocenters. The molecule has 0 unspecified atom stereocenters. The fourth-order valence-corrected chi connectivity index (χ4v) is 2.29. The van der Waals surface area contributed by atoms with Gasteiger partial charge in [0, 0.05) is 17.3 Å². The summed E-state index contributed by atoms with van der Waals surface area (Å²) in [5.74, 6) is 1.63. The molecule has 0 spiro atoms. The maximum Gasteiger partial charge on any atom is 0.203 e. The van der Waals surface area contributed by atoms with Crippen molar-refractivity contribution < 1.29 is 0 Å². The fraction of sp³-hybridized carbons (Fsp3) is 0.182. The Bertz CT molecular complexity index is 628. The zero-order valence-corrected chi connectivity index (χ0v) is 10.1. The second kappa shape index (κ2) is 4.14. The number of aromatic nitrogens is 4. The standard InChI is InChI=1S/C11H11N5S/c1-8-14-15-11-10(12-4-5-16(8)11)13-7-9-3-2-6-17-9/h2-6H,7H2,1H3,(H,12,13). The molecule has 0 aliphatic rings. The second-order valence-electron chi connectivity index (χ2n) is 3.65. The molecular formula is C11H11N5S. The van der Waals surface area contributed by atoms with Crippen molar-refractivity contribution >= 4 is 22.8 Å². The molecule has 0 saturated heterocycles. The quantitative estimate of drug-likeness (QED) is 0.767. The highest BCUT2D eigenvalue weighted by Gasteiger charge is 2.07. The number of anilines is 1. The van der Waals surface area contributed by atoms with Crippen molar-refractivity contribution in [3.05, 3.63) is 40.6 Å². The molecule has 3 rings (SSSR count). The van der Waals surface area contributed by atoms with E-state index in [1.807, 2.05) is 23.6 Å². The third-order valence-electron chi connectivity index (χ3n) is 2.51. The highest BCUT2D eigenvalue weighted by molar-refractivity contribution is 7.09. The first-order valence-corrected chi connectivity index (χ1v) is 6.15. The van der Waals surface area contributed by atoms with Crippen molar-refractivity contribution in [2.75, 3.05) is 5.32 Å². The first-order chi connectivity index (χ1) is 8.34. The van der Waals surface area contributed by atoms with E-state index in [4.69, 9.17) is 0 Å². The Morgan fingerprint density at radius 2 is 2.35 bits per heavy atom. The highest BCUT2D eigenvalue weighted by Crippen LogP contribution is 2.15. The van der Waals surface area contributed by atoms with Crippen molar-refractivity contribution in [3.63, 3.8) is 0 Å². The third kappa shape index (κ3) is 1.87. The van der Waals surface area contributed by atoms with Crippen LogP contribution in [0.2, 0.25) is 0 Å². The fourth-order valence-electron chi connectivity index (χ4n) is 1.65. The summed E-state index contributed by atoms with van der Waals surface area (Å²) in [4.78, 5) is 5.56. The molecule has 3 heterocycles. The smallest absolute Gasteiger partial charge is 0.203 e. The molecule has 3 aromatic heterocycles. The van der Waals surface area contributed by atoms with Crippen molar-refractivity contribution in [2.24, 2.45) is 0 Å². The van der Waals surface area contributed by atoms with Crippen LogP contribution < -0.4 is 5.32 Å². The molecule has 0 fully saturated rings. The van der Waals surface area contributed by atoms with Crippen LogP contribution >= 0.6 is 11.3 Å². The molecule has 0 bridgehead atoms. The van der Waals surface area contributed by atoms with Crippen LogP contribution in [0, 0.1) is 6.92 Å². The predicted octanol–water partition coefficient (Wildman–Crippen LogP) is 2.11. The maximum absolute atomic E-state index is 4.29.